The molecule has 0 unspecified atom stereocenters. The van der Waals surface area contributed by atoms with Gasteiger partial charge in [-0.2, -0.15) is 0 Å². The summed E-state index contributed by atoms with van der Waals surface area (Å²) < 4.78 is 26.1. The first-order chi connectivity index (χ1) is 8.47. The largest absolute Gasteiger partial charge is 0.478 e. The van der Waals surface area contributed by atoms with E-state index in [9.17, 15) is 13.6 Å². The van der Waals surface area contributed by atoms with Crippen LogP contribution in [0.1, 0.15) is 23.2 Å². The molecule has 0 bridgehead atoms. The van der Waals surface area contributed by atoms with E-state index in [2.05, 4.69) is 5.32 Å². The number of hydrogen-bond donors (Lipinski definition) is 3. The van der Waals surface area contributed by atoms with Gasteiger partial charge in [0.25, 0.3) is 0 Å². The van der Waals surface area contributed by atoms with Gasteiger partial charge in [-0.25, -0.2) is 9.18 Å². The van der Waals surface area contributed by atoms with Crippen LogP contribution in [0.15, 0.2) is 12.1 Å². The minimum Gasteiger partial charge on any atom is -0.478 e. The molecule has 6 heteroatoms. The molecule has 0 amide bonds. The number of anilines is 2. The molecule has 0 radical (unpaired) electrons. The highest BCUT2D eigenvalue weighted by molar-refractivity contribution is 5.90. The van der Waals surface area contributed by atoms with E-state index in [0.717, 1.165) is 18.9 Å². The highest BCUT2D eigenvalue weighted by Gasteiger charge is 2.42. The van der Waals surface area contributed by atoms with Crippen LogP contribution in [0.2, 0.25) is 0 Å². The first kappa shape index (κ1) is 12.6. The Kier molecular flexibility index (Phi) is 3.11. The quantitative estimate of drug-likeness (QED) is 0.706. The molecule has 18 heavy (non-hydrogen) atoms. The number of halogens is 2. The zero-order valence-electron chi connectivity index (χ0n) is 9.67. The Labute approximate surface area is 103 Å². The first-order valence-corrected chi connectivity index (χ1v) is 5.60. The molecular formula is C12H14F2N2O2. The van der Waals surface area contributed by atoms with Crippen LogP contribution in [0, 0.1) is 11.2 Å². The van der Waals surface area contributed by atoms with Gasteiger partial charge < -0.3 is 16.2 Å². The molecule has 0 saturated heterocycles. The summed E-state index contributed by atoms with van der Waals surface area (Å²) in [6.07, 6.45) is 1.55. The van der Waals surface area contributed by atoms with Crippen molar-refractivity contribution in [1.82, 2.24) is 0 Å². The lowest BCUT2D eigenvalue weighted by molar-refractivity contribution is 0.0696. The van der Waals surface area contributed by atoms with E-state index in [1.165, 1.54) is 6.07 Å². The number of carbonyl (C=O) groups is 1. The molecule has 1 aliphatic carbocycles. The molecule has 4 nitrogen and oxygen atoms in total. The smallest absolute Gasteiger partial charge is 0.335 e. The Balaban J connectivity index is 2.18. The Hall–Kier alpha value is -1.85. The van der Waals surface area contributed by atoms with Crippen LogP contribution in [0.5, 0.6) is 0 Å². The van der Waals surface area contributed by atoms with E-state index in [0.29, 0.717) is 6.54 Å². The van der Waals surface area contributed by atoms with E-state index >= 15 is 0 Å². The van der Waals surface area contributed by atoms with Crippen molar-refractivity contribution < 1.29 is 18.7 Å². The van der Waals surface area contributed by atoms with E-state index < -0.39 is 18.5 Å². The predicted octanol–water partition coefficient (Wildman–Crippen LogP) is 2.27. The van der Waals surface area contributed by atoms with Crippen molar-refractivity contribution in [2.75, 3.05) is 24.3 Å². The number of nitrogen functional groups attached to an aromatic ring is 1. The van der Waals surface area contributed by atoms with Gasteiger partial charge in [0.05, 0.1) is 23.6 Å². The molecule has 0 aliphatic heterocycles. The number of aromatic carboxylic acids is 1. The zero-order chi connectivity index (χ0) is 13.3. The van der Waals surface area contributed by atoms with Crippen LogP contribution in [-0.2, 0) is 0 Å². The molecule has 98 valence electrons. The number of carboxylic acid groups (broad SMARTS) is 1. The molecule has 1 aromatic carbocycles. The topological polar surface area (TPSA) is 75.4 Å². The number of nitrogens with one attached hydrogen (secondary N) is 1. The summed E-state index contributed by atoms with van der Waals surface area (Å²) in [6, 6.07) is 2.12. The van der Waals surface area contributed by atoms with Crippen molar-refractivity contribution in [1.29, 1.82) is 0 Å². The summed E-state index contributed by atoms with van der Waals surface area (Å²) >= 11 is 0. The van der Waals surface area contributed by atoms with Gasteiger partial charge in [0.15, 0.2) is 0 Å². The molecular weight excluding hydrogens is 242 g/mol. The van der Waals surface area contributed by atoms with E-state index in [-0.39, 0.29) is 22.4 Å². The van der Waals surface area contributed by atoms with Crippen LogP contribution in [0.3, 0.4) is 0 Å². The minimum atomic E-state index is -1.23. The monoisotopic (exact) mass is 256 g/mol. The fourth-order valence-electron chi connectivity index (χ4n) is 1.70. The second kappa shape index (κ2) is 4.44. The summed E-state index contributed by atoms with van der Waals surface area (Å²) in [5, 5.41) is 11.7. The molecule has 0 spiro atoms. The van der Waals surface area contributed by atoms with E-state index in [4.69, 9.17) is 10.8 Å². The summed E-state index contributed by atoms with van der Waals surface area (Å²) in [5.74, 6) is -2.02. The van der Waals surface area contributed by atoms with Crippen molar-refractivity contribution in [3.63, 3.8) is 0 Å². The predicted molar refractivity (Wildman–Crippen MR) is 63.9 cm³/mol. The number of carboxylic acids is 1. The Bertz CT molecular complexity index is 487. The molecule has 0 atom stereocenters. The molecule has 1 fully saturated rings. The third kappa shape index (κ3) is 2.37. The second-order valence-electron chi connectivity index (χ2n) is 4.71. The van der Waals surface area contributed by atoms with Gasteiger partial charge in [-0.15, -0.1) is 0 Å². The maximum absolute atomic E-state index is 13.4. The number of benzene rings is 1. The maximum Gasteiger partial charge on any atom is 0.335 e. The standard InChI is InChI=1S/C12H14F2N2O2/c13-5-12(1-2-12)6-16-9-4-7(11(17)18)3-8(14)10(9)15/h3-4,16H,1-2,5-6,15H2,(H,17,18). The zero-order valence-corrected chi connectivity index (χ0v) is 9.67. The van der Waals surface area contributed by atoms with Crippen molar-refractivity contribution in [2.45, 2.75) is 12.8 Å². The lowest BCUT2D eigenvalue weighted by atomic mass is 10.1. The Morgan fingerprint density at radius 3 is 2.67 bits per heavy atom. The Morgan fingerprint density at radius 2 is 2.17 bits per heavy atom. The van der Waals surface area contributed by atoms with E-state index in [1.807, 2.05) is 0 Å². The maximum atomic E-state index is 13.4. The summed E-state index contributed by atoms with van der Waals surface area (Å²) in [7, 11) is 0. The highest BCUT2D eigenvalue weighted by atomic mass is 19.1. The van der Waals surface area contributed by atoms with Gasteiger partial charge in [-0.1, -0.05) is 0 Å². The minimum absolute atomic E-state index is 0.144. The van der Waals surface area contributed by atoms with Crippen molar-refractivity contribution in [3.05, 3.63) is 23.5 Å². The number of hydrogen-bond acceptors (Lipinski definition) is 3. The van der Waals surface area contributed by atoms with E-state index in [1.54, 1.807) is 0 Å². The fraction of sp³-hybridized carbons (Fsp3) is 0.417. The molecule has 1 saturated carbocycles. The molecule has 1 aromatic rings. The molecule has 0 heterocycles. The van der Waals surface area contributed by atoms with Crippen LogP contribution in [-0.4, -0.2) is 24.3 Å². The summed E-state index contributed by atoms with van der Waals surface area (Å²) in [5.41, 5.74) is 5.00. The molecule has 4 N–H and O–H groups in total. The average Bonchev–Trinajstić information content (AvgIpc) is 3.11. The number of rotatable bonds is 5. The summed E-state index contributed by atoms with van der Waals surface area (Å²) in [4.78, 5) is 10.8. The van der Waals surface area contributed by atoms with Crippen LogP contribution < -0.4 is 11.1 Å². The average molecular weight is 256 g/mol. The van der Waals surface area contributed by atoms with Gasteiger partial charge in [-0.05, 0) is 25.0 Å². The lowest BCUT2D eigenvalue weighted by Gasteiger charge is -2.15. The van der Waals surface area contributed by atoms with Gasteiger partial charge in [-0.3, -0.25) is 4.39 Å². The summed E-state index contributed by atoms with van der Waals surface area (Å²) in [6.45, 7) is -0.114. The van der Waals surface area contributed by atoms with Gasteiger partial charge in [0.2, 0.25) is 0 Å². The van der Waals surface area contributed by atoms with Gasteiger partial charge >= 0.3 is 5.97 Å². The third-order valence-electron chi connectivity index (χ3n) is 3.27. The molecule has 0 aromatic heterocycles. The Morgan fingerprint density at radius 1 is 1.50 bits per heavy atom. The second-order valence-corrected chi connectivity index (χ2v) is 4.71. The van der Waals surface area contributed by atoms with Gasteiger partial charge in [0, 0.05) is 12.0 Å². The first-order valence-electron chi connectivity index (χ1n) is 5.60. The number of alkyl halides is 1. The fourth-order valence-corrected chi connectivity index (χ4v) is 1.70. The normalized spacial score (nSPS) is 16.3. The van der Waals surface area contributed by atoms with Crippen molar-refractivity contribution in [2.24, 2.45) is 5.41 Å². The molecule has 1 aliphatic rings. The van der Waals surface area contributed by atoms with Crippen molar-refractivity contribution >= 4 is 17.3 Å². The van der Waals surface area contributed by atoms with Crippen LogP contribution in [0.25, 0.3) is 0 Å². The highest BCUT2D eigenvalue weighted by Crippen LogP contribution is 2.46. The van der Waals surface area contributed by atoms with Crippen molar-refractivity contribution in [3.8, 4) is 0 Å². The SMILES string of the molecule is Nc1c(F)cc(C(=O)O)cc1NCC1(CF)CC1. The third-order valence-corrected chi connectivity index (χ3v) is 3.27. The lowest BCUT2D eigenvalue weighted by Crippen LogP contribution is -2.18. The van der Waals surface area contributed by atoms with Gasteiger partial charge in [0.1, 0.15) is 5.82 Å². The van der Waals surface area contributed by atoms with Crippen LogP contribution >= 0.6 is 0 Å². The molecule has 2 rings (SSSR count). The van der Waals surface area contributed by atoms with Crippen LogP contribution in [0.4, 0.5) is 20.2 Å². The number of nitrogens with two attached hydrogens (primary N) is 1.